The van der Waals surface area contributed by atoms with Crippen molar-refractivity contribution in [1.29, 1.82) is 0 Å². The molecule has 0 saturated carbocycles. The van der Waals surface area contributed by atoms with E-state index in [2.05, 4.69) is 52.6 Å². The predicted octanol–water partition coefficient (Wildman–Crippen LogP) is 3.37. The smallest absolute Gasteiger partial charge is 0.414 e. The van der Waals surface area contributed by atoms with E-state index in [-0.39, 0.29) is 23.3 Å². The molecule has 0 radical (unpaired) electrons. The molecule has 1 aromatic heterocycles. The van der Waals surface area contributed by atoms with Crippen molar-refractivity contribution in [2.45, 2.75) is 44.4 Å². The first-order valence-electron chi connectivity index (χ1n) is 12.9. The summed E-state index contributed by atoms with van der Waals surface area (Å²) in [5.41, 5.74) is 0.311. The van der Waals surface area contributed by atoms with Crippen LogP contribution >= 0.6 is 45.9 Å². The molecule has 2 aliphatic rings. The van der Waals surface area contributed by atoms with E-state index in [9.17, 15) is 23.6 Å². The third-order valence-corrected chi connectivity index (χ3v) is 8.77. The van der Waals surface area contributed by atoms with Crippen LogP contribution in [0.4, 0.5) is 14.3 Å². The summed E-state index contributed by atoms with van der Waals surface area (Å²) in [4.78, 5) is 61.5. The van der Waals surface area contributed by atoms with Gasteiger partial charge in [-0.25, -0.2) is 14.0 Å². The monoisotopic (exact) mass is 762 g/mol. The van der Waals surface area contributed by atoms with Gasteiger partial charge in [-0.15, -0.1) is 11.8 Å². The lowest BCUT2D eigenvalue weighted by molar-refractivity contribution is -0.153. The van der Waals surface area contributed by atoms with Crippen LogP contribution in [0.15, 0.2) is 40.7 Å². The number of amides is 3. The third-order valence-electron chi connectivity index (χ3n) is 5.88. The molecule has 2 aliphatic heterocycles. The summed E-state index contributed by atoms with van der Waals surface area (Å²) in [6.07, 6.45) is -0.796. The number of anilines is 1. The SMILES string of the molecule is COc1ccc(COC(=O)C2=C(CI)CSC3C(NC(=O)/C(=N/OCF)c4nsc(NC(=O)OC(C)(C)C)n4)C(=O)N23)cc1. The van der Waals surface area contributed by atoms with Crippen LogP contribution in [0, 0.1) is 0 Å². The number of ether oxygens (including phenoxy) is 3. The molecule has 236 valence electrons. The molecule has 0 aliphatic carbocycles. The highest BCUT2D eigenvalue weighted by Crippen LogP contribution is 2.41. The van der Waals surface area contributed by atoms with Crippen molar-refractivity contribution >= 4 is 80.6 Å². The number of β-lactam (4-membered cyclic amide) rings is 1. The summed E-state index contributed by atoms with van der Waals surface area (Å²) in [7, 11) is 1.55. The van der Waals surface area contributed by atoms with E-state index in [1.54, 1.807) is 52.1 Å². The van der Waals surface area contributed by atoms with Crippen molar-refractivity contribution in [1.82, 2.24) is 19.6 Å². The summed E-state index contributed by atoms with van der Waals surface area (Å²) < 4.78 is 33.1. The molecule has 18 heteroatoms. The van der Waals surface area contributed by atoms with Gasteiger partial charge in [-0.2, -0.15) is 9.36 Å². The lowest BCUT2D eigenvalue weighted by Crippen LogP contribution is -2.71. The van der Waals surface area contributed by atoms with Gasteiger partial charge < -0.3 is 24.4 Å². The Morgan fingerprint density at radius 1 is 1.23 bits per heavy atom. The summed E-state index contributed by atoms with van der Waals surface area (Å²) in [5.74, 6) is -1.32. The first kappa shape index (κ1) is 33.4. The van der Waals surface area contributed by atoms with Crippen LogP contribution in [0.5, 0.6) is 5.75 Å². The standard InChI is InChI=1S/C26H28FIN6O8S2/c1-26(2,3)42-25(38)31-24-30-19(33-44-24)16(32-41-12-27)20(35)29-17-21(36)34-18(14(9-28)11-43-22(17)34)23(37)40-10-13-5-7-15(39-4)8-6-13/h5-8,17,22H,9-12H2,1-4H3,(H,29,35)(H,30,31,33,38)/b32-16+. The molecule has 2 unspecified atom stereocenters. The lowest BCUT2D eigenvalue weighted by Gasteiger charge is -2.49. The van der Waals surface area contributed by atoms with Crippen molar-refractivity contribution in [3.8, 4) is 5.75 Å². The summed E-state index contributed by atoms with van der Waals surface area (Å²) in [6.45, 7) is 3.69. The number of esters is 1. The normalized spacial score (nSPS) is 18.2. The predicted molar refractivity (Wildman–Crippen MR) is 167 cm³/mol. The highest BCUT2D eigenvalue weighted by Gasteiger charge is 2.54. The largest absolute Gasteiger partial charge is 0.497 e. The van der Waals surface area contributed by atoms with Gasteiger partial charge in [-0.05, 0) is 44.0 Å². The van der Waals surface area contributed by atoms with Gasteiger partial charge in [0.05, 0.1) is 7.11 Å². The van der Waals surface area contributed by atoms with Crippen molar-refractivity contribution in [2.24, 2.45) is 5.16 Å². The molecule has 1 saturated heterocycles. The van der Waals surface area contributed by atoms with Gasteiger partial charge >= 0.3 is 12.1 Å². The van der Waals surface area contributed by atoms with Crippen molar-refractivity contribution < 1.29 is 42.6 Å². The van der Waals surface area contributed by atoms with Crippen molar-refractivity contribution in [3.05, 3.63) is 46.9 Å². The highest BCUT2D eigenvalue weighted by atomic mass is 127. The molecule has 3 heterocycles. The van der Waals surface area contributed by atoms with Gasteiger partial charge in [0.15, 0.2) is 0 Å². The molecule has 3 amide bonds. The molecular formula is C26H28FIN6O8S2. The third kappa shape index (κ3) is 7.95. The number of methoxy groups -OCH3 is 1. The minimum Gasteiger partial charge on any atom is -0.497 e. The van der Waals surface area contributed by atoms with Gasteiger partial charge in [0.25, 0.3) is 18.7 Å². The minimum absolute atomic E-state index is 0.0132. The molecule has 0 spiro atoms. The zero-order valence-electron chi connectivity index (χ0n) is 23.9. The highest BCUT2D eigenvalue weighted by molar-refractivity contribution is 14.1. The molecule has 2 N–H and O–H groups in total. The van der Waals surface area contributed by atoms with Gasteiger partial charge in [0.1, 0.15) is 35.1 Å². The second-order valence-corrected chi connectivity index (χ2v) is 12.7. The number of hydrogen-bond acceptors (Lipinski definition) is 13. The number of hydrogen-bond donors (Lipinski definition) is 2. The first-order valence-corrected chi connectivity index (χ1v) is 16.2. The van der Waals surface area contributed by atoms with E-state index in [1.165, 1.54) is 16.7 Å². The number of benzene rings is 1. The van der Waals surface area contributed by atoms with Crippen molar-refractivity contribution in [2.75, 3.05) is 29.5 Å². The summed E-state index contributed by atoms with van der Waals surface area (Å²) in [5, 5.41) is 7.80. The van der Waals surface area contributed by atoms with E-state index < -0.39 is 53.5 Å². The molecule has 2 atom stereocenters. The Kier molecular flexibility index (Phi) is 11.0. The van der Waals surface area contributed by atoms with Crippen LogP contribution in [0.25, 0.3) is 0 Å². The Labute approximate surface area is 273 Å². The van der Waals surface area contributed by atoms with E-state index >= 15 is 0 Å². The molecule has 44 heavy (non-hydrogen) atoms. The number of aromatic nitrogens is 2. The van der Waals surface area contributed by atoms with E-state index in [0.29, 0.717) is 15.9 Å². The Hall–Kier alpha value is -3.52. The first-order chi connectivity index (χ1) is 20.9. The number of carbonyl (C=O) groups is 4. The van der Waals surface area contributed by atoms with Gasteiger partial charge in [0.2, 0.25) is 16.7 Å². The van der Waals surface area contributed by atoms with Gasteiger partial charge in [-0.3, -0.25) is 19.8 Å². The molecule has 1 aromatic carbocycles. The Morgan fingerprint density at radius 3 is 2.59 bits per heavy atom. The number of halogens is 2. The van der Waals surface area contributed by atoms with Gasteiger partial charge in [0, 0.05) is 21.7 Å². The average Bonchev–Trinajstić information content (AvgIpc) is 3.44. The zero-order chi connectivity index (χ0) is 32.0. The Morgan fingerprint density at radius 2 is 1.95 bits per heavy atom. The van der Waals surface area contributed by atoms with Crippen LogP contribution in [0.3, 0.4) is 0 Å². The fourth-order valence-corrected chi connectivity index (χ4v) is 6.86. The fourth-order valence-electron chi connectivity index (χ4n) is 3.96. The minimum atomic E-state index is -1.34. The zero-order valence-corrected chi connectivity index (χ0v) is 27.7. The number of nitrogens with zero attached hydrogens (tertiary/aromatic N) is 4. The van der Waals surface area contributed by atoms with Crippen LogP contribution in [-0.4, -0.2) is 85.0 Å². The molecule has 14 nitrogen and oxygen atoms in total. The number of alkyl halides is 2. The van der Waals surface area contributed by atoms with E-state index in [1.807, 2.05) is 0 Å². The maximum atomic E-state index is 13.3. The van der Waals surface area contributed by atoms with Crippen LogP contribution in [-0.2, 0) is 35.3 Å². The summed E-state index contributed by atoms with van der Waals surface area (Å²) in [6, 6.07) is 5.97. The Bertz CT molecular complexity index is 1480. The fraction of sp³-hybridized carbons (Fsp3) is 0.423. The van der Waals surface area contributed by atoms with Crippen LogP contribution < -0.4 is 15.4 Å². The number of rotatable bonds is 11. The van der Waals surface area contributed by atoms with E-state index in [0.717, 1.165) is 22.7 Å². The number of fused-ring (bicyclic) bond motifs is 1. The molecule has 1 fully saturated rings. The maximum Gasteiger partial charge on any atom is 0.414 e. The topological polar surface area (TPSA) is 171 Å². The van der Waals surface area contributed by atoms with E-state index in [4.69, 9.17) is 14.2 Å². The number of nitrogens with one attached hydrogen (secondary N) is 2. The van der Waals surface area contributed by atoms with Crippen LogP contribution in [0.2, 0.25) is 0 Å². The second kappa shape index (κ2) is 14.5. The Balaban J connectivity index is 1.44. The van der Waals surface area contributed by atoms with Gasteiger partial charge in [-0.1, -0.05) is 39.9 Å². The second-order valence-electron chi connectivity index (χ2n) is 10.1. The number of carbonyl (C=O) groups excluding carboxylic acids is 4. The number of thioether (sulfide) groups is 1. The summed E-state index contributed by atoms with van der Waals surface area (Å²) >= 11 is 4.20. The number of oxime groups is 1. The molecule has 2 aromatic rings. The molecule has 4 rings (SSSR count). The quantitative estimate of drug-likeness (QED) is 0.0860. The maximum absolute atomic E-state index is 13.3. The van der Waals surface area contributed by atoms with Crippen molar-refractivity contribution in [3.63, 3.8) is 0 Å². The molecule has 0 bridgehead atoms. The molecular weight excluding hydrogens is 734 g/mol. The average molecular weight is 763 g/mol. The lowest BCUT2D eigenvalue weighted by atomic mass is 10.0. The van der Waals surface area contributed by atoms with Crippen LogP contribution in [0.1, 0.15) is 32.2 Å².